The molecule has 2 atom stereocenters. The lowest BCUT2D eigenvalue weighted by Gasteiger charge is -2.28. The van der Waals surface area contributed by atoms with E-state index in [2.05, 4.69) is 0 Å². The predicted molar refractivity (Wildman–Crippen MR) is 96.8 cm³/mol. The number of nitrogens with two attached hydrogens (primary N) is 1. The number of alkyl halides is 1. The number of pyridine rings is 2. The number of hydrogen-bond donors (Lipinski definition) is 2. The van der Waals surface area contributed by atoms with E-state index >= 15 is 4.39 Å². The molecule has 1 saturated heterocycles. The van der Waals surface area contributed by atoms with Crippen LogP contribution in [0, 0.1) is 5.82 Å². The predicted octanol–water partition coefficient (Wildman–Crippen LogP) is 2.41. The molecule has 2 aliphatic rings. The molecule has 2 aromatic heterocycles. The molecule has 3 heterocycles. The Morgan fingerprint density at radius 1 is 1.41 bits per heavy atom. The Bertz CT molecular complexity index is 1000. The van der Waals surface area contributed by atoms with Gasteiger partial charge in [0.1, 0.15) is 12.2 Å². The van der Waals surface area contributed by atoms with Gasteiger partial charge in [0.2, 0.25) is 0 Å². The van der Waals surface area contributed by atoms with Crippen LogP contribution < -0.4 is 16.2 Å². The van der Waals surface area contributed by atoms with Crippen LogP contribution in [-0.4, -0.2) is 34.1 Å². The fraction of sp³-hybridized carbons (Fsp3) is 0.474. The summed E-state index contributed by atoms with van der Waals surface area (Å²) in [5, 5.41) is 9.34. The second-order valence-corrected chi connectivity index (χ2v) is 7.55. The van der Waals surface area contributed by atoms with Gasteiger partial charge in [-0.25, -0.2) is 13.6 Å². The monoisotopic (exact) mass is 377 g/mol. The molecular formula is C19H21F2N3O3. The zero-order valence-electron chi connectivity index (χ0n) is 14.9. The molecule has 8 heteroatoms. The number of carboxylic acid groups (broad SMARTS) is 1. The number of halogens is 2. The van der Waals surface area contributed by atoms with Gasteiger partial charge in [0.25, 0.3) is 5.56 Å². The Kier molecular flexibility index (Phi) is 4.18. The van der Waals surface area contributed by atoms with Gasteiger partial charge in [0, 0.05) is 24.2 Å². The molecule has 4 rings (SSSR count). The first-order valence-electron chi connectivity index (χ1n) is 9.05. The lowest BCUT2D eigenvalue weighted by Crippen LogP contribution is -2.32. The summed E-state index contributed by atoms with van der Waals surface area (Å²) in [7, 11) is 0. The Balaban J connectivity index is 2.07. The molecule has 2 aromatic rings. The number of nitrogens with zero attached hydrogens (tertiary/aromatic N) is 2. The molecule has 1 aliphatic heterocycles. The standard InChI is InChI=1S/C19H21F2N3O3/c1-9-4-11(22)7-23(9)17-14(6-20)16-12(10-2-3-10)5-13(19(26)27)18(25)24(16)8-15(17)21/h5,8-11H,2-4,6-7,22H2,1H3,(H,26,27)/t9-,11-/m0/s1. The quantitative estimate of drug-likeness (QED) is 0.854. The molecule has 0 aromatic carbocycles. The third-order valence-electron chi connectivity index (χ3n) is 5.58. The van der Waals surface area contributed by atoms with Gasteiger partial charge in [-0.15, -0.1) is 0 Å². The van der Waals surface area contributed by atoms with Crippen LogP contribution in [0.4, 0.5) is 14.5 Å². The number of carbonyl (C=O) groups is 1. The van der Waals surface area contributed by atoms with E-state index in [1.54, 1.807) is 4.90 Å². The molecule has 2 fully saturated rings. The zero-order valence-corrected chi connectivity index (χ0v) is 14.9. The van der Waals surface area contributed by atoms with Crippen molar-refractivity contribution in [3.05, 3.63) is 45.1 Å². The first-order chi connectivity index (χ1) is 12.8. The summed E-state index contributed by atoms with van der Waals surface area (Å²) < 4.78 is 30.2. The lowest BCUT2D eigenvalue weighted by molar-refractivity contribution is 0.0694. The average Bonchev–Trinajstić information content (AvgIpc) is 3.39. The fourth-order valence-corrected chi connectivity index (χ4v) is 4.21. The first kappa shape index (κ1) is 17.9. The highest BCUT2D eigenvalue weighted by Crippen LogP contribution is 2.44. The highest BCUT2D eigenvalue weighted by molar-refractivity contribution is 5.89. The number of carboxylic acids is 1. The zero-order chi connectivity index (χ0) is 19.5. The maximum Gasteiger partial charge on any atom is 0.341 e. The molecule has 0 radical (unpaired) electrons. The van der Waals surface area contributed by atoms with Gasteiger partial charge in [-0.2, -0.15) is 0 Å². The first-order valence-corrected chi connectivity index (χ1v) is 9.05. The van der Waals surface area contributed by atoms with Crippen LogP contribution in [0.1, 0.15) is 53.6 Å². The molecule has 0 unspecified atom stereocenters. The highest BCUT2D eigenvalue weighted by atomic mass is 19.1. The van der Waals surface area contributed by atoms with Gasteiger partial charge in [0.05, 0.1) is 17.4 Å². The van der Waals surface area contributed by atoms with E-state index in [0.29, 0.717) is 24.0 Å². The largest absolute Gasteiger partial charge is 0.477 e. The van der Waals surface area contributed by atoms with Crippen LogP contribution in [0.2, 0.25) is 0 Å². The van der Waals surface area contributed by atoms with Gasteiger partial charge in [-0.3, -0.25) is 9.20 Å². The second-order valence-electron chi connectivity index (χ2n) is 7.55. The maximum atomic E-state index is 15.0. The smallest absolute Gasteiger partial charge is 0.341 e. The van der Waals surface area contributed by atoms with Crippen molar-refractivity contribution in [2.45, 2.75) is 50.9 Å². The summed E-state index contributed by atoms with van der Waals surface area (Å²) in [6, 6.07) is 1.14. The molecule has 6 nitrogen and oxygen atoms in total. The summed E-state index contributed by atoms with van der Waals surface area (Å²) >= 11 is 0. The van der Waals surface area contributed by atoms with E-state index in [1.807, 2.05) is 6.92 Å². The van der Waals surface area contributed by atoms with Crippen molar-refractivity contribution in [2.75, 3.05) is 11.4 Å². The van der Waals surface area contributed by atoms with Crippen molar-refractivity contribution < 1.29 is 18.7 Å². The summed E-state index contributed by atoms with van der Waals surface area (Å²) in [6.45, 7) is 1.35. The van der Waals surface area contributed by atoms with Crippen molar-refractivity contribution >= 4 is 17.2 Å². The topological polar surface area (TPSA) is 88.0 Å². The van der Waals surface area contributed by atoms with Crippen LogP contribution >= 0.6 is 0 Å². The second kappa shape index (κ2) is 6.30. The van der Waals surface area contributed by atoms with E-state index < -0.39 is 29.6 Å². The van der Waals surface area contributed by atoms with Gasteiger partial charge in [-0.1, -0.05) is 0 Å². The van der Waals surface area contributed by atoms with E-state index in [9.17, 15) is 19.1 Å². The van der Waals surface area contributed by atoms with Crippen LogP contribution in [0.15, 0.2) is 17.1 Å². The Morgan fingerprint density at radius 2 is 2.11 bits per heavy atom. The fourth-order valence-electron chi connectivity index (χ4n) is 4.21. The number of anilines is 1. The van der Waals surface area contributed by atoms with Crippen molar-refractivity contribution in [1.82, 2.24) is 4.40 Å². The molecule has 0 amide bonds. The summed E-state index contributed by atoms with van der Waals surface area (Å²) in [6.07, 6.45) is 3.31. The molecule has 27 heavy (non-hydrogen) atoms. The molecular weight excluding hydrogens is 356 g/mol. The number of aromatic carboxylic acids is 1. The summed E-state index contributed by atoms with van der Waals surface area (Å²) in [5.41, 5.74) is 5.82. The van der Waals surface area contributed by atoms with E-state index in [1.165, 1.54) is 6.07 Å². The van der Waals surface area contributed by atoms with Gasteiger partial charge in [-0.05, 0) is 43.7 Å². The molecule has 1 aliphatic carbocycles. The van der Waals surface area contributed by atoms with E-state index in [-0.39, 0.29) is 29.3 Å². The van der Waals surface area contributed by atoms with Crippen LogP contribution in [-0.2, 0) is 6.67 Å². The summed E-state index contributed by atoms with van der Waals surface area (Å²) in [5.74, 6) is -2.07. The minimum absolute atomic E-state index is 0.0561. The number of hydrogen-bond acceptors (Lipinski definition) is 4. The summed E-state index contributed by atoms with van der Waals surface area (Å²) in [4.78, 5) is 25.8. The lowest BCUT2D eigenvalue weighted by atomic mass is 10.0. The molecule has 1 saturated carbocycles. The minimum Gasteiger partial charge on any atom is -0.477 e. The maximum absolute atomic E-state index is 15.0. The van der Waals surface area contributed by atoms with Crippen molar-refractivity contribution in [3.63, 3.8) is 0 Å². The molecule has 3 N–H and O–H groups in total. The molecule has 0 spiro atoms. The average molecular weight is 377 g/mol. The van der Waals surface area contributed by atoms with Crippen LogP contribution in [0.25, 0.3) is 5.52 Å². The van der Waals surface area contributed by atoms with Crippen LogP contribution in [0.3, 0.4) is 0 Å². The number of fused-ring (bicyclic) bond motifs is 1. The Labute approximate surface area is 154 Å². The normalized spacial score (nSPS) is 22.6. The van der Waals surface area contributed by atoms with E-state index in [0.717, 1.165) is 23.4 Å². The molecule has 0 bridgehead atoms. The molecule has 144 valence electrons. The number of aromatic nitrogens is 1. The highest BCUT2D eigenvalue weighted by Gasteiger charge is 2.34. The third kappa shape index (κ3) is 2.79. The number of rotatable bonds is 4. The van der Waals surface area contributed by atoms with Crippen molar-refractivity contribution in [2.24, 2.45) is 5.73 Å². The van der Waals surface area contributed by atoms with Gasteiger partial charge >= 0.3 is 5.97 Å². The van der Waals surface area contributed by atoms with E-state index in [4.69, 9.17) is 5.73 Å². The van der Waals surface area contributed by atoms with Crippen LogP contribution in [0.5, 0.6) is 0 Å². The van der Waals surface area contributed by atoms with Gasteiger partial charge < -0.3 is 15.7 Å². The third-order valence-corrected chi connectivity index (χ3v) is 5.58. The minimum atomic E-state index is -1.37. The van der Waals surface area contributed by atoms with Crippen molar-refractivity contribution in [1.29, 1.82) is 0 Å². The Morgan fingerprint density at radius 3 is 2.63 bits per heavy atom. The Hall–Kier alpha value is -2.48. The van der Waals surface area contributed by atoms with Crippen molar-refractivity contribution in [3.8, 4) is 0 Å². The van der Waals surface area contributed by atoms with Gasteiger partial charge in [0.15, 0.2) is 5.82 Å². The SMILES string of the molecule is C[C@H]1C[C@H](N)CN1c1c(F)cn2c(=O)c(C(=O)O)cc(C3CC3)c2c1CF.